The Morgan fingerprint density at radius 3 is 2.94 bits per heavy atom. The van der Waals surface area contributed by atoms with E-state index in [0.29, 0.717) is 6.10 Å². The summed E-state index contributed by atoms with van der Waals surface area (Å²) in [6, 6.07) is 0.742. The minimum atomic E-state index is 0.378. The molecule has 0 bridgehead atoms. The summed E-state index contributed by atoms with van der Waals surface area (Å²) in [5.41, 5.74) is 0. The van der Waals surface area contributed by atoms with Crippen molar-refractivity contribution >= 4 is 0 Å². The number of hydrogen-bond donors (Lipinski definition) is 1. The molecule has 0 amide bonds. The fourth-order valence-electron chi connectivity index (χ4n) is 3.14. The second-order valence-corrected chi connectivity index (χ2v) is 5.35. The Labute approximate surface area is 105 Å². The van der Waals surface area contributed by atoms with Crippen molar-refractivity contribution in [3.8, 4) is 0 Å². The highest BCUT2D eigenvalue weighted by Crippen LogP contribution is 2.28. The maximum absolute atomic E-state index is 5.75. The highest BCUT2D eigenvalue weighted by atomic mass is 16.5. The summed E-state index contributed by atoms with van der Waals surface area (Å²) in [5, 5.41) is 3.60. The molecule has 2 fully saturated rings. The Kier molecular flexibility index (Phi) is 5.75. The van der Waals surface area contributed by atoms with Crippen LogP contribution in [0, 0.1) is 5.92 Å². The molecule has 0 aromatic carbocycles. The zero-order valence-corrected chi connectivity index (χ0v) is 11.1. The van der Waals surface area contributed by atoms with E-state index in [4.69, 9.17) is 9.47 Å². The van der Waals surface area contributed by atoms with E-state index < -0.39 is 0 Å². The molecule has 0 radical (unpaired) electrons. The summed E-state index contributed by atoms with van der Waals surface area (Å²) in [6.45, 7) is 5.94. The smallest absolute Gasteiger partial charge is 0.0809 e. The lowest BCUT2D eigenvalue weighted by atomic mass is 10.00. The van der Waals surface area contributed by atoms with Crippen molar-refractivity contribution in [3.05, 3.63) is 0 Å². The molecule has 3 unspecified atom stereocenters. The van der Waals surface area contributed by atoms with Crippen molar-refractivity contribution in [1.29, 1.82) is 0 Å². The molecular formula is C14H27NO2. The van der Waals surface area contributed by atoms with E-state index in [2.05, 4.69) is 12.2 Å². The highest BCUT2D eigenvalue weighted by molar-refractivity contribution is 4.82. The molecule has 1 saturated heterocycles. The normalized spacial score (nSPS) is 33.4. The monoisotopic (exact) mass is 241 g/mol. The largest absolute Gasteiger partial charge is 0.379 e. The van der Waals surface area contributed by atoms with Crippen molar-refractivity contribution in [2.45, 2.75) is 57.6 Å². The molecule has 17 heavy (non-hydrogen) atoms. The van der Waals surface area contributed by atoms with Crippen LogP contribution in [0.1, 0.15) is 45.4 Å². The first-order valence-electron chi connectivity index (χ1n) is 7.33. The molecule has 3 heteroatoms. The quantitative estimate of drug-likeness (QED) is 0.694. The third kappa shape index (κ3) is 4.23. The van der Waals surface area contributed by atoms with Gasteiger partial charge in [0, 0.05) is 19.3 Å². The first-order chi connectivity index (χ1) is 8.40. The van der Waals surface area contributed by atoms with Gasteiger partial charge in [-0.1, -0.05) is 13.3 Å². The zero-order valence-electron chi connectivity index (χ0n) is 11.1. The van der Waals surface area contributed by atoms with Gasteiger partial charge in [0.25, 0.3) is 0 Å². The van der Waals surface area contributed by atoms with Crippen LogP contribution in [0.3, 0.4) is 0 Å². The van der Waals surface area contributed by atoms with Crippen molar-refractivity contribution in [3.63, 3.8) is 0 Å². The Bertz CT molecular complexity index is 204. The molecule has 1 saturated carbocycles. The van der Waals surface area contributed by atoms with Gasteiger partial charge < -0.3 is 14.8 Å². The zero-order chi connectivity index (χ0) is 11.9. The maximum Gasteiger partial charge on any atom is 0.0809 e. The van der Waals surface area contributed by atoms with E-state index in [1.165, 1.54) is 38.5 Å². The lowest BCUT2D eigenvalue weighted by Gasteiger charge is -2.20. The predicted molar refractivity (Wildman–Crippen MR) is 69.2 cm³/mol. The molecule has 1 N–H and O–H groups in total. The number of nitrogens with one attached hydrogen (secondary N) is 1. The lowest BCUT2D eigenvalue weighted by Crippen LogP contribution is -2.32. The van der Waals surface area contributed by atoms with Gasteiger partial charge >= 0.3 is 0 Å². The molecule has 1 aliphatic carbocycles. The molecule has 100 valence electrons. The molecule has 2 aliphatic rings. The third-order valence-electron chi connectivity index (χ3n) is 4.09. The van der Waals surface area contributed by atoms with Crippen LogP contribution in [-0.2, 0) is 9.47 Å². The van der Waals surface area contributed by atoms with Crippen LogP contribution in [0.5, 0.6) is 0 Å². The van der Waals surface area contributed by atoms with Crippen LogP contribution in [0.4, 0.5) is 0 Å². The average Bonchev–Trinajstić information content (AvgIpc) is 2.96. The molecule has 1 heterocycles. The van der Waals surface area contributed by atoms with Crippen LogP contribution >= 0.6 is 0 Å². The van der Waals surface area contributed by atoms with Crippen LogP contribution in [-0.4, -0.2) is 38.5 Å². The predicted octanol–water partition coefficient (Wildman–Crippen LogP) is 2.35. The van der Waals surface area contributed by atoms with E-state index in [-0.39, 0.29) is 0 Å². The van der Waals surface area contributed by atoms with Crippen LogP contribution in [0.15, 0.2) is 0 Å². The Hall–Kier alpha value is -0.120. The Morgan fingerprint density at radius 1 is 1.24 bits per heavy atom. The summed E-state index contributed by atoms with van der Waals surface area (Å²) in [4.78, 5) is 0. The second-order valence-electron chi connectivity index (χ2n) is 5.35. The van der Waals surface area contributed by atoms with E-state index in [1.807, 2.05) is 0 Å². The van der Waals surface area contributed by atoms with Crippen LogP contribution < -0.4 is 5.32 Å². The average molecular weight is 241 g/mol. The maximum atomic E-state index is 5.75. The van der Waals surface area contributed by atoms with Crippen LogP contribution in [0.2, 0.25) is 0 Å². The Balaban J connectivity index is 1.54. The molecule has 1 aliphatic heterocycles. The van der Waals surface area contributed by atoms with Gasteiger partial charge in [0.05, 0.1) is 12.7 Å². The number of hydrogen-bond acceptors (Lipinski definition) is 3. The third-order valence-corrected chi connectivity index (χ3v) is 4.09. The summed E-state index contributed by atoms with van der Waals surface area (Å²) < 4.78 is 11.3. The van der Waals surface area contributed by atoms with Gasteiger partial charge in [-0.05, 0) is 44.6 Å². The fraction of sp³-hybridized carbons (Fsp3) is 1.00. The number of rotatable bonds is 7. The van der Waals surface area contributed by atoms with Gasteiger partial charge in [-0.15, -0.1) is 0 Å². The summed E-state index contributed by atoms with van der Waals surface area (Å²) >= 11 is 0. The first-order valence-corrected chi connectivity index (χ1v) is 7.33. The van der Waals surface area contributed by atoms with E-state index in [9.17, 15) is 0 Å². The van der Waals surface area contributed by atoms with Gasteiger partial charge in [0.2, 0.25) is 0 Å². The lowest BCUT2D eigenvalue weighted by molar-refractivity contribution is 0.0127. The topological polar surface area (TPSA) is 30.5 Å². The number of ether oxygens (including phenoxy) is 2. The van der Waals surface area contributed by atoms with E-state index in [0.717, 1.165) is 38.3 Å². The molecule has 0 spiro atoms. The molecule has 3 nitrogen and oxygen atoms in total. The summed E-state index contributed by atoms with van der Waals surface area (Å²) in [5.74, 6) is 0.833. The SMILES string of the molecule is CCNC1CCCC1CCOCC1CCCO1. The van der Waals surface area contributed by atoms with E-state index in [1.54, 1.807) is 0 Å². The summed E-state index contributed by atoms with van der Waals surface area (Å²) in [7, 11) is 0. The molecule has 0 aromatic heterocycles. The minimum absolute atomic E-state index is 0.378. The second kappa shape index (κ2) is 7.34. The molecule has 2 rings (SSSR count). The minimum Gasteiger partial charge on any atom is -0.379 e. The van der Waals surface area contributed by atoms with Gasteiger partial charge in [-0.2, -0.15) is 0 Å². The van der Waals surface area contributed by atoms with Gasteiger partial charge in [0.15, 0.2) is 0 Å². The van der Waals surface area contributed by atoms with Crippen molar-refractivity contribution in [2.75, 3.05) is 26.4 Å². The highest BCUT2D eigenvalue weighted by Gasteiger charge is 2.26. The van der Waals surface area contributed by atoms with Gasteiger partial charge in [0.1, 0.15) is 0 Å². The van der Waals surface area contributed by atoms with Gasteiger partial charge in [-0.3, -0.25) is 0 Å². The Morgan fingerprint density at radius 2 is 2.18 bits per heavy atom. The standard InChI is InChI=1S/C14H27NO2/c1-2-15-14-7-3-5-12(14)8-10-16-11-13-6-4-9-17-13/h12-15H,2-11H2,1H3. The van der Waals surface area contributed by atoms with Crippen LogP contribution in [0.25, 0.3) is 0 Å². The van der Waals surface area contributed by atoms with Crippen molar-refractivity contribution in [1.82, 2.24) is 5.32 Å². The molecule has 0 aromatic rings. The van der Waals surface area contributed by atoms with Crippen molar-refractivity contribution in [2.24, 2.45) is 5.92 Å². The summed E-state index contributed by atoms with van der Waals surface area (Å²) in [6.07, 6.45) is 8.09. The molecule has 3 atom stereocenters. The fourth-order valence-corrected chi connectivity index (χ4v) is 3.14. The van der Waals surface area contributed by atoms with Crippen molar-refractivity contribution < 1.29 is 9.47 Å². The molecular weight excluding hydrogens is 214 g/mol. The van der Waals surface area contributed by atoms with Gasteiger partial charge in [-0.25, -0.2) is 0 Å². The van der Waals surface area contributed by atoms with E-state index >= 15 is 0 Å². The first kappa shape index (κ1) is 13.3.